The van der Waals surface area contributed by atoms with Gasteiger partial charge in [-0.1, -0.05) is 60.7 Å². The van der Waals surface area contributed by atoms with Gasteiger partial charge in [0, 0.05) is 16.9 Å². The van der Waals surface area contributed by atoms with E-state index >= 15 is 0 Å². The molecular formula is C19H16O3S. The molecule has 0 amide bonds. The summed E-state index contributed by atoms with van der Waals surface area (Å²) in [6.45, 7) is 1.99. The van der Waals surface area contributed by atoms with E-state index in [-0.39, 0.29) is 15.9 Å². The van der Waals surface area contributed by atoms with Crippen LogP contribution in [0.15, 0.2) is 80.8 Å². The smallest absolute Gasteiger partial charge is 0.353 e. The van der Waals surface area contributed by atoms with Crippen molar-refractivity contribution in [2.24, 2.45) is 0 Å². The van der Waals surface area contributed by atoms with Crippen LogP contribution in [0.1, 0.15) is 17.7 Å². The van der Waals surface area contributed by atoms with Crippen LogP contribution in [0.5, 0.6) is 5.75 Å². The summed E-state index contributed by atoms with van der Waals surface area (Å²) < 4.78 is 5.38. The summed E-state index contributed by atoms with van der Waals surface area (Å²) in [7, 11) is 0. The molecule has 0 bridgehead atoms. The van der Waals surface area contributed by atoms with Gasteiger partial charge in [-0.3, -0.25) is 0 Å². The molecule has 0 fully saturated rings. The molecule has 4 heteroatoms. The average molecular weight is 324 g/mol. The maximum absolute atomic E-state index is 12.3. The van der Waals surface area contributed by atoms with Crippen LogP contribution in [0.25, 0.3) is 11.3 Å². The number of thioether (sulfide) groups is 1. The summed E-state index contributed by atoms with van der Waals surface area (Å²) in [6.07, 6.45) is 0. The van der Waals surface area contributed by atoms with Crippen molar-refractivity contribution in [3.8, 4) is 17.1 Å². The lowest BCUT2D eigenvalue weighted by Gasteiger charge is -2.12. The first-order valence-corrected chi connectivity index (χ1v) is 8.17. The molecule has 1 unspecified atom stereocenters. The Morgan fingerprint density at radius 1 is 1.00 bits per heavy atom. The largest absolute Gasteiger partial charge is 0.506 e. The van der Waals surface area contributed by atoms with Crippen molar-refractivity contribution in [3.05, 3.63) is 82.7 Å². The van der Waals surface area contributed by atoms with Gasteiger partial charge >= 0.3 is 5.63 Å². The molecule has 0 saturated carbocycles. The van der Waals surface area contributed by atoms with Gasteiger partial charge in [-0.05, 0) is 12.5 Å². The Morgan fingerprint density at radius 3 is 2.22 bits per heavy atom. The van der Waals surface area contributed by atoms with Crippen LogP contribution in [0.4, 0.5) is 0 Å². The van der Waals surface area contributed by atoms with Crippen LogP contribution in [0.2, 0.25) is 0 Å². The minimum Gasteiger partial charge on any atom is -0.506 e. The molecule has 3 rings (SSSR count). The second-order valence-electron chi connectivity index (χ2n) is 5.15. The highest BCUT2D eigenvalue weighted by atomic mass is 32.2. The summed E-state index contributed by atoms with van der Waals surface area (Å²) in [6, 6.07) is 20.6. The number of hydrogen-bond acceptors (Lipinski definition) is 4. The molecule has 0 saturated heterocycles. The average Bonchev–Trinajstić information content (AvgIpc) is 2.59. The number of benzene rings is 2. The zero-order valence-electron chi connectivity index (χ0n) is 12.6. The lowest BCUT2D eigenvalue weighted by atomic mass is 10.1. The summed E-state index contributed by atoms with van der Waals surface area (Å²) >= 11 is 1.30. The molecule has 1 N–H and O–H groups in total. The Labute approximate surface area is 138 Å². The van der Waals surface area contributed by atoms with Crippen molar-refractivity contribution in [2.45, 2.75) is 17.1 Å². The summed E-state index contributed by atoms with van der Waals surface area (Å²) in [5, 5.41) is 10.3. The van der Waals surface area contributed by atoms with Gasteiger partial charge in [-0.25, -0.2) is 4.79 Å². The van der Waals surface area contributed by atoms with E-state index in [0.29, 0.717) is 5.76 Å². The third-order valence-electron chi connectivity index (χ3n) is 3.51. The standard InChI is InChI=1S/C19H16O3S/c1-13(14-8-4-2-5-9-14)23-18-16(20)12-17(22-19(18)21)15-10-6-3-7-11-15/h2-13,20H,1H3. The highest BCUT2D eigenvalue weighted by Gasteiger charge is 2.17. The van der Waals surface area contributed by atoms with E-state index in [4.69, 9.17) is 4.42 Å². The van der Waals surface area contributed by atoms with Gasteiger partial charge in [0.15, 0.2) is 0 Å². The number of hydrogen-bond donors (Lipinski definition) is 1. The molecule has 116 valence electrons. The Kier molecular flexibility index (Phi) is 4.53. The fraction of sp³-hybridized carbons (Fsp3) is 0.105. The fourth-order valence-corrected chi connectivity index (χ4v) is 3.26. The van der Waals surface area contributed by atoms with Crippen LogP contribution >= 0.6 is 11.8 Å². The molecule has 3 nitrogen and oxygen atoms in total. The molecule has 1 aromatic heterocycles. The first kappa shape index (κ1) is 15.4. The van der Waals surface area contributed by atoms with Crippen molar-refractivity contribution in [1.82, 2.24) is 0 Å². The molecule has 1 heterocycles. The van der Waals surface area contributed by atoms with Crippen LogP contribution in [0.3, 0.4) is 0 Å². The van der Waals surface area contributed by atoms with Crippen LogP contribution < -0.4 is 5.63 Å². The van der Waals surface area contributed by atoms with Gasteiger partial charge in [-0.2, -0.15) is 0 Å². The second kappa shape index (κ2) is 6.75. The Hall–Kier alpha value is -2.46. The van der Waals surface area contributed by atoms with Crippen molar-refractivity contribution in [3.63, 3.8) is 0 Å². The molecule has 0 radical (unpaired) electrons. The lowest BCUT2D eigenvalue weighted by molar-refractivity contribution is 0.430. The van der Waals surface area contributed by atoms with Gasteiger partial charge in [0.25, 0.3) is 0 Å². The van der Waals surface area contributed by atoms with E-state index in [1.165, 1.54) is 17.8 Å². The van der Waals surface area contributed by atoms with Crippen molar-refractivity contribution < 1.29 is 9.52 Å². The first-order valence-electron chi connectivity index (χ1n) is 7.29. The normalized spacial score (nSPS) is 12.0. The van der Waals surface area contributed by atoms with Crippen LogP contribution in [0, 0.1) is 0 Å². The summed E-state index contributed by atoms with van der Waals surface area (Å²) in [5.74, 6) is 0.317. The SMILES string of the molecule is CC(Sc1c(O)cc(-c2ccccc2)oc1=O)c1ccccc1. The predicted molar refractivity (Wildman–Crippen MR) is 92.8 cm³/mol. The Balaban J connectivity index is 1.91. The molecule has 0 aliphatic rings. The van der Waals surface area contributed by atoms with Crippen molar-refractivity contribution >= 4 is 11.8 Å². The molecule has 1 atom stereocenters. The summed E-state index contributed by atoms with van der Waals surface area (Å²) in [4.78, 5) is 12.5. The van der Waals surface area contributed by atoms with E-state index < -0.39 is 5.63 Å². The fourth-order valence-electron chi connectivity index (χ4n) is 2.29. The number of aromatic hydroxyl groups is 1. The highest BCUT2D eigenvalue weighted by molar-refractivity contribution is 7.99. The molecule has 3 aromatic rings. The van der Waals surface area contributed by atoms with Crippen molar-refractivity contribution in [1.29, 1.82) is 0 Å². The molecular weight excluding hydrogens is 308 g/mol. The third-order valence-corrected chi connectivity index (χ3v) is 4.75. The summed E-state index contributed by atoms with van der Waals surface area (Å²) in [5.41, 5.74) is 1.33. The molecule has 0 spiro atoms. The monoisotopic (exact) mass is 324 g/mol. The van der Waals surface area contributed by atoms with E-state index in [1.54, 1.807) is 0 Å². The zero-order chi connectivity index (χ0) is 16.2. The zero-order valence-corrected chi connectivity index (χ0v) is 13.4. The van der Waals surface area contributed by atoms with Gasteiger partial charge in [0.05, 0.1) is 0 Å². The highest BCUT2D eigenvalue weighted by Crippen LogP contribution is 2.38. The van der Waals surface area contributed by atoms with Gasteiger partial charge < -0.3 is 9.52 Å². The van der Waals surface area contributed by atoms with E-state index in [9.17, 15) is 9.90 Å². The van der Waals surface area contributed by atoms with Crippen LogP contribution in [-0.2, 0) is 0 Å². The Bertz CT molecular complexity index is 841. The first-order chi connectivity index (χ1) is 11.1. The second-order valence-corrected chi connectivity index (χ2v) is 6.50. The topological polar surface area (TPSA) is 50.4 Å². The van der Waals surface area contributed by atoms with Gasteiger partial charge in [0.1, 0.15) is 16.4 Å². The number of rotatable bonds is 4. The molecule has 23 heavy (non-hydrogen) atoms. The minimum atomic E-state index is -0.517. The maximum atomic E-state index is 12.3. The lowest BCUT2D eigenvalue weighted by Crippen LogP contribution is -2.04. The van der Waals surface area contributed by atoms with Crippen molar-refractivity contribution in [2.75, 3.05) is 0 Å². The molecule has 0 aliphatic carbocycles. The van der Waals surface area contributed by atoms with Crippen LogP contribution in [-0.4, -0.2) is 5.11 Å². The van der Waals surface area contributed by atoms with E-state index in [0.717, 1.165) is 11.1 Å². The van der Waals surface area contributed by atoms with Gasteiger partial charge in [0.2, 0.25) is 0 Å². The van der Waals surface area contributed by atoms with E-state index in [1.807, 2.05) is 67.6 Å². The maximum Gasteiger partial charge on any atom is 0.353 e. The predicted octanol–water partition coefficient (Wildman–Crippen LogP) is 4.87. The Morgan fingerprint density at radius 2 is 1.61 bits per heavy atom. The third kappa shape index (κ3) is 3.48. The van der Waals surface area contributed by atoms with E-state index in [2.05, 4.69) is 0 Å². The quantitative estimate of drug-likeness (QED) is 0.696. The van der Waals surface area contributed by atoms with Gasteiger partial charge in [-0.15, -0.1) is 11.8 Å². The molecule has 2 aromatic carbocycles. The molecule has 0 aliphatic heterocycles. The minimum absolute atomic E-state index is 0.0348.